The van der Waals surface area contributed by atoms with Crippen LogP contribution >= 0.6 is 0 Å². The van der Waals surface area contributed by atoms with Crippen LogP contribution in [0.4, 0.5) is 0 Å². The van der Waals surface area contributed by atoms with E-state index in [9.17, 15) is 17.8 Å². The molecule has 29 N–H and O–H groups in total. The quantitative estimate of drug-likeness (QED) is 0.170. The molecule has 0 saturated carbocycles. The summed E-state index contributed by atoms with van der Waals surface area (Å²) >= 11 is 0. The Morgan fingerprint density at radius 3 is 1.20 bits per heavy atom. The van der Waals surface area contributed by atoms with Gasteiger partial charge in [0.1, 0.15) is 15.9 Å². The molecule has 0 aromatic heterocycles. The molecule has 1 aromatic carbocycles. The zero-order valence-electron chi connectivity index (χ0n) is 14.5. The third-order valence-corrected chi connectivity index (χ3v) is 2.36. The molecule has 0 unspecified atom stereocenters. The van der Waals surface area contributed by atoms with Gasteiger partial charge in [-0.3, -0.25) is 8.42 Å². The normalized spacial score (nSPS) is 7.17. The fraction of sp³-hybridized carbons (Fsp3) is 0. The first-order valence-corrected chi connectivity index (χ1v) is 6.75. The maximum atomic E-state index is 10.5. The van der Waals surface area contributed by atoms with E-state index >= 15 is 0 Å². The van der Waals surface area contributed by atoms with E-state index in [-0.39, 0.29) is 97.6 Å². The predicted molar refractivity (Wildman–Crippen MR) is 98.4 cm³/mol. The molecule has 1 rings (SSSR count). The minimum absolute atomic E-state index is 0. The smallest absolute Gasteiger partial charge is 0.759 e. The van der Waals surface area contributed by atoms with Crippen LogP contribution in [-0.4, -0.2) is 63.1 Å². The van der Waals surface area contributed by atoms with Gasteiger partial charge in [0.15, 0.2) is 0 Å². The number of hydrogen-bond donors (Lipinski definition) is 2. The summed E-state index contributed by atoms with van der Waals surface area (Å²) in [5.74, 6) is -2.19. The molecule has 0 aliphatic heterocycles. The number of aromatic carboxylic acids is 1. The number of hydrogen-bond acceptors (Lipinski definition) is 9. The van der Waals surface area contributed by atoms with Gasteiger partial charge in [-0.25, -0.2) is 13.2 Å². The average Bonchev–Trinajstić information content (AvgIpc) is 2.12. The summed E-state index contributed by atoms with van der Waals surface area (Å²) in [5, 5.41) is 17.5. The molecule has 1 radical (unpaired) electrons. The summed E-state index contributed by atoms with van der Waals surface area (Å²) < 4.78 is 65.5. The SMILES string of the molecule is O.O.O.O=C(O)c1ccc(S(=O)(=O)[O-])c(O)c1.O=S(=O)([O-])[O-].[Er+3].[OH3+].[OH3+].[OH3+].[OH3+].[OH3+].[OH3+].[OH3+]. The van der Waals surface area contributed by atoms with Crippen molar-refractivity contribution in [1.29, 1.82) is 0 Å². The monoisotopic (exact) mass is 666 g/mol. The van der Waals surface area contributed by atoms with Crippen LogP contribution < -0.4 is 0 Å². The molecular formula is C7H32ErO20S2+7. The largest absolute Gasteiger partial charge is 3.00 e. The molecule has 0 saturated heterocycles. The number of carboxylic acid groups (broad SMARTS) is 1. The van der Waals surface area contributed by atoms with Crippen molar-refractivity contribution in [2.75, 3.05) is 0 Å². The van der Waals surface area contributed by atoms with Gasteiger partial charge in [0, 0.05) is 10.4 Å². The number of benzene rings is 1. The molecule has 0 amide bonds. The Bertz CT molecular complexity index is 677. The second-order valence-corrected chi connectivity index (χ2v) is 5.01. The van der Waals surface area contributed by atoms with E-state index in [0.717, 1.165) is 12.1 Å². The van der Waals surface area contributed by atoms with Crippen molar-refractivity contribution in [3.8, 4) is 5.75 Å². The Morgan fingerprint density at radius 2 is 1.03 bits per heavy atom. The number of phenolic OH excluding ortho intramolecular Hbond substituents is 1. The van der Waals surface area contributed by atoms with Crippen LogP contribution in [0.1, 0.15) is 10.4 Å². The molecule has 0 aliphatic carbocycles. The Labute approximate surface area is 197 Å². The minimum Gasteiger partial charge on any atom is -0.759 e. The van der Waals surface area contributed by atoms with Crippen molar-refractivity contribution in [3.05, 3.63) is 23.8 Å². The zero-order chi connectivity index (χ0) is 15.4. The number of aromatic hydroxyl groups is 1. The Morgan fingerprint density at radius 1 is 0.767 bits per heavy atom. The van der Waals surface area contributed by atoms with E-state index in [4.69, 9.17) is 27.7 Å². The van der Waals surface area contributed by atoms with Crippen molar-refractivity contribution in [2.45, 2.75) is 4.90 Å². The van der Waals surface area contributed by atoms with Gasteiger partial charge >= 0.3 is 43.3 Å². The number of rotatable bonds is 2. The van der Waals surface area contributed by atoms with Crippen molar-refractivity contribution in [2.24, 2.45) is 0 Å². The van der Waals surface area contributed by atoms with Gasteiger partial charge in [-0.15, -0.1) is 0 Å². The van der Waals surface area contributed by atoms with Gasteiger partial charge in [-0.1, -0.05) is 0 Å². The van der Waals surface area contributed by atoms with Crippen molar-refractivity contribution in [1.82, 2.24) is 0 Å². The minimum atomic E-state index is -5.17. The van der Waals surface area contributed by atoms with Crippen LogP contribution in [0.15, 0.2) is 23.1 Å². The van der Waals surface area contributed by atoms with E-state index in [1.807, 2.05) is 0 Å². The molecular weight excluding hydrogens is 635 g/mol. The summed E-state index contributed by atoms with van der Waals surface area (Å²) in [6.07, 6.45) is 0. The topological polar surface area (TPSA) is 520 Å². The maximum Gasteiger partial charge on any atom is 3.00 e. The molecule has 0 heterocycles. The molecule has 20 nitrogen and oxygen atoms in total. The third-order valence-electron chi connectivity index (χ3n) is 1.48. The van der Waals surface area contributed by atoms with Crippen LogP contribution in [0.25, 0.3) is 0 Å². The van der Waals surface area contributed by atoms with Gasteiger partial charge in [0.2, 0.25) is 0 Å². The van der Waals surface area contributed by atoms with Crippen LogP contribution in [0, 0.1) is 37.3 Å². The van der Waals surface area contributed by atoms with Crippen LogP contribution in [0.2, 0.25) is 0 Å². The second kappa shape index (κ2) is 30.3. The average molecular weight is 668 g/mol. The molecule has 0 bridgehead atoms. The van der Waals surface area contributed by atoms with Crippen molar-refractivity contribution >= 4 is 26.5 Å². The summed E-state index contributed by atoms with van der Waals surface area (Å²) in [5.41, 5.74) is -0.296. The predicted octanol–water partition coefficient (Wildman–Crippen LogP) is -10.3. The summed E-state index contributed by atoms with van der Waals surface area (Å²) in [7, 11) is -9.94. The summed E-state index contributed by atoms with van der Waals surface area (Å²) in [6, 6.07) is 2.38. The molecule has 0 fully saturated rings. The fourth-order valence-electron chi connectivity index (χ4n) is 0.862. The first-order chi connectivity index (χ1) is 8.32. The molecule has 23 heteroatoms. The van der Waals surface area contributed by atoms with Gasteiger partial charge < -0.3 is 78.6 Å². The standard InChI is InChI=1S/C7H6O6S.Er.H2O4S.10H2O/c8-5-3-4(7(9)10)1-2-6(5)14(11,12)13;;1-5(2,3)4;;;;;;;;;;/h1-3,8H,(H,9,10)(H,11,12,13);;(H2,1,2,3,4);10*1H2/q;+3;;;;;;;;;;;/p+4. The Kier molecular flexibility index (Phi) is 79.4. The van der Waals surface area contributed by atoms with Crippen molar-refractivity contribution < 1.29 is 138 Å². The van der Waals surface area contributed by atoms with Crippen molar-refractivity contribution in [3.63, 3.8) is 0 Å². The molecule has 197 valence electrons. The number of phenols is 1. The molecule has 30 heavy (non-hydrogen) atoms. The van der Waals surface area contributed by atoms with Gasteiger partial charge in [-0.2, -0.15) is 0 Å². The number of carboxylic acids is 1. The third kappa shape index (κ3) is 37.8. The van der Waals surface area contributed by atoms with Crippen LogP contribution in [0.5, 0.6) is 5.75 Å². The Hall–Kier alpha value is -0.883. The maximum absolute atomic E-state index is 10.5. The number of carbonyl (C=O) groups is 1. The summed E-state index contributed by atoms with van der Waals surface area (Å²) in [4.78, 5) is 9.54. The van der Waals surface area contributed by atoms with E-state index < -0.39 is 37.1 Å². The van der Waals surface area contributed by atoms with Crippen LogP contribution in [0.3, 0.4) is 0 Å². The molecule has 1 aromatic rings. The van der Waals surface area contributed by atoms with Gasteiger partial charge in [0.05, 0.1) is 10.5 Å². The fourth-order valence-corrected chi connectivity index (χ4v) is 1.41. The van der Waals surface area contributed by atoms with Gasteiger partial charge in [0.25, 0.3) is 0 Å². The van der Waals surface area contributed by atoms with E-state index in [0.29, 0.717) is 6.07 Å². The van der Waals surface area contributed by atoms with Crippen LogP contribution in [-0.2, 0) is 58.9 Å². The van der Waals surface area contributed by atoms with E-state index in [1.165, 1.54) is 0 Å². The second-order valence-electron chi connectivity index (χ2n) is 2.85. The molecule has 0 atom stereocenters. The molecule has 0 aliphatic rings. The van der Waals surface area contributed by atoms with Gasteiger partial charge in [-0.05, 0) is 18.2 Å². The van der Waals surface area contributed by atoms with E-state index in [1.54, 1.807) is 0 Å². The first-order valence-electron chi connectivity index (χ1n) is 4.01. The zero-order valence-corrected chi connectivity index (χ0v) is 18.0. The summed E-state index contributed by atoms with van der Waals surface area (Å²) in [6.45, 7) is 0. The first kappa shape index (κ1) is 78.6. The van der Waals surface area contributed by atoms with E-state index in [2.05, 4.69) is 0 Å². The molecule has 0 spiro atoms. The Balaban J connectivity index is -0.0000000186.